The number of hydrogen-bond donors (Lipinski definition) is 2. The summed E-state index contributed by atoms with van der Waals surface area (Å²) < 4.78 is 0. The van der Waals surface area contributed by atoms with Crippen LogP contribution >= 0.6 is 0 Å². The molecule has 0 radical (unpaired) electrons. The van der Waals surface area contributed by atoms with Crippen LogP contribution in [0.15, 0.2) is 0 Å². The normalized spacial score (nSPS) is 13.5. The Balaban J connectivity index is 2.89. The van der Waals surface area contributed by atoms with Crippen molar-refractivity contribution in [3.63, 3.8) is 0 Å². The Kier molecular flexibility index (Phi) is 6.98. The van der Waals surface area contributed by atoms with Crippen LogP contribution in [0.1, 0.15) is 33.1 Å². The Labute approximate surface area is 63.6 Å². The van der Waals surface area contributed by atoms with Crippen molar-refractivity contribution in [1.82, 2.24) is 5.32 Å². The van der Waals surface area contributed by atoms with E-state index in [1.165, 1.54) is 19.3 Å². The molecular formula is C8H19NO. The van der Waals surface area contributed by atoms with E-state index in [0.29, 0.717) is 0 Å². The first kappa shape index (κ1) is 9.92. The third-order valence-corrected chi connectivity index (χ3v) is 1.55. The molecule has 10 heavy (non-hydrogen) atoms. The molecule has 0 saturated heterocycles. The van der Waals surface area contributed by atoms with E-state index in [1.807, 2.05) is 6.92 Å². The molecule has 0 aliphatic rings. The second-order valence-corrected chi connectivity index (χ2v) is 2.74. The fraction of sp³-hybridized carbons (Fsp3) is 1.00. The minimum Gasteiger partial charge on any atom is -0.395 e. The van der Waals surface area contributed by atoms with Gasteiger partial charge < -0.3 is 10.4 Å². The van der Waals surface area contributed by atoms with Crippen LogP contribution in [-0.4, -0.2) is 24.3 Å². The van der Waals surface area contributed by atoms with Gasteiger partial charge >= 0.3 is 0 Å². The van der Waals surface area contributed by atoms with E-state index in [4.69, 9.17) is 5.11 Å². The molecule has 2 nitrogen and oxygen atoms in total. The maximum Gasteiger partial charge on any atom is 0.0581 e. The van der Waals surface area contributed by atoms with Crippen molar-refractivity contribution in [3.8, 4) is 0 Å². The first-order chi connectivity index (χ1) is 4.81. The van der Waals surface area contributed by atoms with Crippen LogP contribution in [0.2, 0.25) is 0 Å². The van der Waals surface area contributed by atoms with E-state index in [1.54, 1.807) is 0 Å². The molecule has 0 spiro atoms. The molecule has 1 atom stereocenters. The molecule has 0 aliphatic heterocycles. The molecule has 0 fully saturated rings. The van der Waals surface area contributed by atoms with E-state index in [0.717, 1.165) is 6.54 Å². The summed E-state index contributed by atoms with van der Waals surface area (Å²) in [6, 6.07) is 0.261. The van der Waals surface area contributed by atoms with Crippen molar-refractivity contribution in [2.45, 2.75) is 39.2 Å². The second kappa shape index (κ2) is 7.03. The van der Waals surface area contributed by atoms with Crippen molar-refractivity contribution < 1.29 is 5.11 Å². The van der Waals surface area contributed by atoms with Crippen LogP contribution < -0.4 is 5.32 Å². The molecule has 0 aromatic heterocycles. The SMILES string of the molecule is CCCCCN[C@H](C)CO. The van der Waals surface area contributed by atoms with Gasteiger partial charge in [-0.3, -0.25) is 0 Å². The first-order valence-corrected chi connectivity index (χ1v) is 4.15. The average Bonchev–Trinajstić information content (AvgIpc) is 1.98. The number of hydrogen-bond acceptors (Lipinski definition) is 2. The smallest absolute Gasteiger partial charge is 0.0581 e. The number of unbranched alkanes of at least 4 members (excludes halogenated alkanes) is 2. The summed E-state index contributed by atoms with van der Waals surface area (Å²) >= 11 is 0. The highest BCUT2D eigenvalue weighted by molar-refractivity contribution is 4.56. The quantitative estimate of drug-likeness (QED) is 0.549. The zero-order valence-electron chi connectivity index (χ0n) is 7.06. The Morgan fingerprint density at radius 3 is 2.60 bits per heavy atom. The van der Waals surface area contributed by atoms with Crippen LogP contribution in [0.4, 0.5) is 0 Å². The molecule has 0 aromatic carbocycles. The lowest BCUT2D eigenvalue weighted by Gasteiger charge is -2.09. The summed E-state index contributed by atoms with van der Waals surface area (Å²) in [5.74, 6) is 0. The molecule has 0 rings (SSSR count). The van der Waals surface area contributed by atoms with E-state index in [2.05, 4.69) is 12.2 Å². The van der Waals surface area contributed by atoms with Gasteiger partial charge in [-0.1, -0.05) is 19.8 Å². The van der Waals surface area contributed by atoms with E-state index in [9.17, 15) is 0 Å². The number of nitrogens with one attached hydrogen (secondary N) is 1. The topological polar surface area (TPSA) is 32.3 Å². The summed E-state index contributed by atoms with van der Waals surface area (Å²) in [4.78, 5) is 0. The number of aliphatic hydroxyl groups is 1. The largest absolute Gasteiger partial charge is 0.395 e. The van der Waals surface area contributed by atoms with Gasteiger partial charge in [-0.05, 0) is 19.9 Å². The van der Waals surface area contributed by atoms with Crippen molar-refractivity contribution in [2.75, 3.05) is 13.2 Å². The summed E-state index contributed by atoms with van der Waals surface area (Å²) in [5.41, 5.74) is 0. The van der Waals surface area contributed by atoms with E-state index >= 15 is 0 Å². The van der Waals surface area contributed by atoms with Gasteiger partial charge in [0.2, 0.25) is 0 Å². The minimum absolute atomic E-state index is 0.242. The van der Waals surface area contributed by atoms with E-state index in [-0.39, 0.29) is 12.6 Å². The summed E-state index contributed by atoms with van der Waals surface area (Å²) in [5, 5.41) is 11.8. The molecule has 0 aliphatic carbocycles. The Hall–Kier alpha value is -0.0800. The van der Waals surface area contributed by atoms with Crippen molar-refractivity contribution in [1.29, 1.82) is 0 Å². The predicted molar refractivity (Wildman–Crippen MR) is 44.1 cm³/mol. The molecule has 0 heterocycles. The maximum atomic E-state index is 8.63. The lowest BCUT2D eigenvalue weighted by atomic mass is 10.2. The third-order valence-electron chi connectivity index (χ3n) is 1.55. The van der Waals surface area contributed by atoms with E-state index < -0.39 is 0 Å². The summed E-state index contributed by atoms with van der Waals surface area (Å²) in [6.07, 6.45) is 3.77. The molecule has 62 valence electrons. The summed E-state index contributed by atoms with van der Waals surface area (Å²) in [6.45, 7) is 5.46. The lowest BCUT2D eigenvalue weighted by molar-refractivity contribution is 0.251. The summed E-state index contributed by atoms with van der Waals surface area (Å²) in [7, 11) is 0. The highest BCUT2D eigenvalue weighted by Gasteiger charge is 1.95. The van der Waals surface area contributed by atoms with Gasteiger partial charge in [0.05, 0.1) is 6.61 Å². The van der Waals surface area contributed by atoms with Gasteiger partial charge in [0.25, 0.3) is 0 Å². The Morgan fingerprint density at radius 2 is 2.10 bits per heavy atom. The number of aliphatic hydroxyl groups excluding tert-OH is 1. The fourth-order valence-corrected chi connectivity index (χ4v) is 0.788. The predicted octanol–water partition coefficient (Wildman–Crippen LogP) is 1.15. The van der Waals surface area contributed by atoms with Crippen LogP contribution in [-0.2, 0) is 0 Å². The van der Waals surface area contributed by atoms with Crippen LogP contribution in [0, 0.1) is 0 Å². The molecule has 0 saturated carbocycles. The zero-order valence-corrected chi connectivity index (χ0v) is 7.06. The first-order valence-electron chi connectivity index (χ1n) is 4.15. The van der Waals surface area contributed by atoms with Crippen molar-refractivity contribution in [2.24, 2.45) is 0 Å². The Morgan fingerprint density at radius 1 is 1.40 bits per heavy atom. The highest BCUT2D eigenvalue weighted by Crippen LogP contribution is 1.91. The van der Waals surface area contributed by atoms with Gasteiger partial charge in [-0.25, -0.2) is 0 Å². The van der Waals surface area contributed by atoms with Gasteiger partial charge in [-0.15, -0.1) is 0 Å². The minimum atomic E-state index is 0.242. The maximum absolute atomic E-state index is 8.63. The number of rotatable bonds is 6. The Bertz CT molecular complexity index is 66.3. The van der Waals surface area contributed by atoms with Gasteiger partial charge in [-0.2, -0.15) is 0 Å². The molecule has 0 bridgehead atoms. The molecular weight excluding hydrogens is 126 g/mol. The monoisotopic (exact) mass is 145 g/mol. The zero-order chi connectivity index (χ0) is 7.82. The second-order valence-electron chi connectivity index (χ2n) is 2.74. The van der Waals surface area contributed by atoms with Crippen molar-refractivity contribution >= 4 is 0 Å². The fourth-order valence-electron chi connectivity index (χ4n) is 0.788. The molecule has 0 aromatic rings. The van der Waals surface area contributed by atoms with Crippen LogP contribution in [0.3, 0.4) is 0 Å². The molecule has 0 amide bonds. The highest BCUT2D eigenvalue weighted by atomic mass is 16.3. The van der Waals surface area contributed by atoms with Gasteiger partial charge in [0, 0.05) is 6.04 Å². The average molecular weight is 145 g/mol. The molecule has 2 heteroatoms. The van der Waals surface area contributed by atoms with Crippen LogP contribution in [0.5, 0.6) is 0 Å². The molecule has 2 N–H and O–H groups in total. The molecule has 0 unspecified atom stereocenters. The third kappa shape index (κ3) is 6.05. The van der Waals surface area contributed by atoms with Gasteiger partial charge in [0.15, 0.2) is 0 Å². The standard InChI is InChI=1S/C8H19NO/c1-3-4-5-6-9-8(2)7-10/h8-10H,3-7H2,1-2H3/t8-/m1/s1. The van der Waals surface area contributed by atoms with Crippen LogP contribution in [0.25, 0.3) is 0 Å². The lowest BCUT2D eigenvalue weighted by Crippen LogP contribution is -2.29. The van der Waals surface area contributed by atoms with Crippen molar-refractivity contribution in [3.05, 3.63) is 0 Å². The van der Waals surface area contributed by atoms with Gasteiger partial charge in [0.1, 0.15) is 0 Å².